The minimum absolute atomic E-state index is 1.30. The lowest BCUT2D eigenvalue weighted by Gasteiger charge is -2.03. The summed E-state index contributed by atoms with van der Waals surface area (Å²) in [7, 11) is 0. The van der Waals surface area contributed by atoms with Crippen molar-refractivity contribution in [1.29, 1.82) is 0 Å². The minimum atomic E-state index is 1.30. The predicted molar refractivity (Wildman–Crippen MR) is 155 cm³/mol. The highest BCUT2D eigenvalue weighted by Crippen LogP contribution is 2.44. The molecule has 0 amide bonds. The van der Waals surface area contributed by atoms with Gasteiger partial charge < -0.3 is 0 Å². The molecule has 3 aromatic heterocycles. The monoisotopic (exact) mass is 486 g/mol. The first-order valence-corrected chi connectivity index (χ1v) is 13.9. The summed E-state index contributed by atoms with van der Waals surface area (Å²) in [6.07, 6.45) is 0. The van der Waals surface area contributed by atoms with E-state index in [4.69, 9.17) is 0 Å². The van der Waals surface area contributed by atoms with Crippen LogP contribution < -0.4 is 0 Å². The SMILES string of the molecule is Cc1ccc(-c2ccc3c(c2)sc2cc4c(cc23)sc2cc3cc5ccccc5cc3cc24)s1. The van der Waals surface area contributed by atoms with E-state index in [9.17, 15) is 0 Å². The molecule has 0 aliphatic rings. The van der Waals surface area contributed by atoms with Crippen molar-refractivity contribution in [3.63, 3.8) is 0 Å². The van der Waals surface area contributed by atoms with Crippen molar-refractivity contribution >= 4 is 95.9 Å². The highest BCUT2D eigenvalue weighted by molar-refractivity contribution is 7.27. The minimum Gasteiger partial charge on any atom is -0.141 e. The van der Waals surface area contributed by atoms with Crippen LogP contribution >= 0.6 is 34.0 Å². The van der Waals surface area contributed by atoms with E-state index in [1.807, 2.05) is 34.0 Å². The van der Waals surface area contributed by atoms with Gasteiger partial charge in [-0.25, -0.2) is 0 Å². The maximum absolute atomic E-state index is 2.43. The number of hydrogen-bond acceptors (Lipinski definition) is 3. The van der Waals surface area contributed by atoms with Gasteiger partial charge in [0.1, 0.15) is 0 Å². The summed E-state index contributed by atoms with van der Waals surface area (Å²) < 4.78 is 5.49. The lowest BCUT2D eigenvalue weighted by molar-refractivity contribution is 1.64. The Labute approximate surface area is 208 Å². The second-order valence-electron chi connectivity index (χ2n) is 9.06. The molecule has 0 N–H and O–H groups in total. The molecule has 3 heterocycles. The molecule has 160 valence electrons. The second-order valence-corrected chi connectivity index (χ2v) is 12.5. The molecule has 0 atom stereocenters. The standard InChI is InChI=1S/C31H18S3/c1-17-6-9-27(32-17)20-7-8-23-25-15-31-26(16-30(25)33-28(23)13-20)24-12-21-10-18-4-2-3-5-19(18)11-22(21)14-29(24)34-31/h2-16H,1H3. The van der Waals surface area contributed by atoms with Gasteiger partial charge in [0.15, 0.2) is 0 Å². The molecule has 5 aromatic carbocycles. The Balaban J connectivity index is 1.37. The Morgan fingerprint density at radius 3 is 1.76 bits per heavy atom. The number of benzene rings is 5. The van der Waals surface area contributed by atoms with Crippen molar-refractivity contribution in [2.45, 2.75) is 6.92 Å². The summed E-state index contributed by atoms with van der Waals surface area (Å²) in [5.74, 6) is 0. The van der Waals surface area contributed by atoms with Gasteiger partial charge in [-0.05, 0) is 88.6 Å². The van der Waals surface area contributed by atoms with Gasteiger partial charge in [0.2, 0.25) is 0 Å². The third kappa shape index (κ3) is 2.75. The zero-order valence-corrected chi connectivity index (χ0v) is 20.8. The molecule has 8 aromatic rings. The maximum atomic E-state index is 2.43. The summed E-state index contributed by atoms with van der Waals surface area (Å²) in [5.41, 5.74) is 1.32. The van der Waals surface area contributed by atoms with E-state index in [1.165, 1.54) is 77.2 Å². The van der Waals surface area contributed by atoms with Crippen molar-refractivity contribution < 1.29 is 0 Å². The topological polar surface area (TPSA) is 0 Å². The third-order valence-electron chi connectivity index (χ3n) is 6.91. The summed E-state index contributed by atoms with van der Waals surface area (Å²) in [4.78, 5) is 2.71. The van der Waals surface area contributed by atoms with Crippen LogP contribution in [0.5, 0.6) is 0 Å². The number of aryl methyl sites for hydroxylation is 1. The van der Waals surface area contributed by atoms with E-state index in [1.54, 1.807) is 0 Å². The van der Waals surface area contributed by atoms with Crippen LogP contribution in [0, 0.1) is 6.92 Å². The van der Waals surface area contributed by atoms with Gasteiger partial charge in [0, 0.05) is 50.1 Å². The van der Waals surface area contributed by atoms with Gasteiger partial charge in [-0.1, -0.05) is 36.4 Å². The van der Waals surface area contributed by atoms with Crippen molar-refractivity contribution in [2.75, 3.05) is 0 Å². The van der Waals surface area contributed by atoms with Crippen LogP contribution in [0.4, 0.5) is 0 Å². The molecule has 0 saturated carbocycles. The molecule has 0 spiro atoms. The van der Waals surface area contributed by atoms with E-state index in [2.05, 4.69) is 97.9 Å². The fourth-order valence-electron chi connectivity index (χ4n) is 5.23. The van der Waals surface area contributed by atoms with Crippen molar-refractivity contribution in [1.82, 2.24) is 0 Å². The molecular formula is C31H18S3. The second kappa shape index (κ2) is 6.89. The molecule has 34 heavy (non-hydrogen) atoms. The van der Waals surface area contributed by atoms with E-state index >= 15 is 0 Å². The molecule has 8 rings (SSSR count). The molecular weight excluding hydrogens is 469 g/mol. The van der Waals surface area contributed by atoms with E-state index in [0.29, 0.717) is 0 Å². The van der Waals surface area contributed by atoms with Crippen molar-refractivity contribution in [3.05, 3.63) is 95.9 Å². The molecule has 0 bridgehead atoms. The smallest absolute Gasteiger partial charge is 0.0362 e. The van der Waals surface area contributed by atoms with Crippen LogP contribution in [-0.4, -0.2) is 0 Å². The first-order valence-electron chi connectivity index (χ1n) is 11.4. The van der Waals surface area contributed by atoms with E-state index in [-0.39, 0.29) is 0 Å². The predicted octanol–water partition coefficient (Wildman–Crippen LogP) is 10.8. The summed E-state index contributed by atoms with van der Waals surface area (Å²) in [6, 6.07) is 34.3. The Kier molecular flexibility index (Phi) is 3.87. The van der Waals surface area contributed by atoms with Gasteiger partial charge in [-0.15, -0.1) is 34.0 Å². The van der Waals surface area contributed by atoms with Gasteiger partial charge in [0.05, 0.1) is 0 Å². The number of fused-ring (bicyclic) bond motifs is 8. The summed E-state index contributed by atoms with van der Waals surface area (Å²) in [6.45, 7) is 2.18. The largest absolute Gasteiger partial charge is 0.141 e. The van der Waals surface area contributed by atoms with Crippen LogP contribution in [0.25, 0.3) is 72.3 Å². The zero-order chi connectivity index (χ0) is 22.4. The highest BCUT2D eigenvalue weighted by Gasteiger charge is 2.13. The van der Waals surface area contributed by atoms with Gasteiger partial charge in [0.25, 0.3) is 0 Å². The Morgan fingerprint density at radius 1 is 0.441 bits per heavy atom. The Bertz CT molecular complexity index is 2080. The average Bonchev–Trinajstić information content (AvgIpc) is 3.53. The Morgan fingerprint density at radius 2 is 1.06 bits per heavy atom. The molecule has 0 unspecified atom stereocenters. The molecule has 0 fully saturated rings. The van der Waals surface area contributed by atoms with Crippen LogP contribution in [0.3, 0.4) is 0 Å². The maximum Gasteiger partial charge on any atom is 0.0362 e. The van der Waals surface area contributed by atoms with Crippen LogP contribution in [0.15, 0.2) is 91.0 Å². The van der Waals surface area contributed by atoms with Gasteiger partial charge in [-0.2, -0.15) is 0 Å². The van der Waals surface area contributed by atoms with Gasteiger partial charge in [-0.3, -0.25) is 0 Å². The third-order valence-corrected chi connectivity index (χ3v) is 10.2. The lowest BCUT2D eigenvalue weighted by Crippen LogP contribution is -1.76. The number of hydrogen-bond donors (Lipinski definition) is 0. The Hall–Kier alpha value is -3.24. The number of rotatable bonds is 1. The zero-order valence-electron chi connectivity index (χ0n) is 18.4. The quantitative estimate of drug-likeness (QED) is 0.202. The first-order chi connectivity index (χ1) is 16.7. The summed E-state index contributed by atoms with van der Waals surface area (Å²) in [5, 5.41) is 10.7. The lowest BCUT2D eigenvalue weighted by atomic mass is 10.0. The molecule has 0 aliphatic carbocycles. The molecule has 0 aliphatic heterocycles. The molecule has 0 nitrogen and oxygen atoms in total. The normalized spacial score (nSPS) is 12.3. The summed E-state index contributed by atoms with van der Waals surface area (Å²) >= 11 is 5.71. The van der Waals surface area contributed by atoms with Crippen molar-refractivity contribution in [2.24, 2.45) is 0 Å². The fourth-order valence-corrected chi connectivity index (χ4v) is 8.41. The van der Waals surface area contributed by atoms with E-state index in [0.717, 1.165) is 0 Å². The molecule has 0 saturated heterocycles. The fraction of sp³-hybridized carbons (Fsp3) is 0.0323. The number of thiophene rings is 3. The first kappa shape index (κ1) is 19.1. The molecule has 3 heteroatoms. The van der Waals surface area contributed by atoms with Gasteiger partial charge >= 0.3 is 0 Å². The van der Waals surface area contributed by atoms with Crippen LogP contribution in [-0.2, 0) is 0 Å². The average molecular weight is 487 g/mol. The van der Waals surface area contributed by atoms with E-state index < -0.39 is 0 Å². The van der Waals surface area contributed by atoms with Crippen LogP contribution in [0.1, 0.15) is 4.88 Å². The van der Waals surface area contributed by atoms with Crippen LogP contribution in [0.2, 0.25) is 0 Å². The molecule has 0 radical (unpaired) electrons. The van der Waals surface area contributed by atoms with Crippen molar-refractivity contribution in [3.8, 4) is 10.4 Å². The highest BCUT2D eigenvalue weighted by atomic mass is 32.1.